The van der Waals surface area contributed by atoms with Gasteiger partial charge in [-0.1, -0.05) is 6.07 Å². The molecule has 0 radical (unpaired) electrons. The van der Waals surface area contributed by atoms with Gasteiger partial charge in [0, 0.05) is 13.1 Å². The smallest absolute Gasteiger partial charge is 0.149 e. The predicted octanol–water partition coefficient (Wildman–Crippen LogP) is 1.42. The van der Waals surface area contributed by atoms with Crippen molar-refractivity contribution in [3.8, 4) is 11.5 Å². The highest BCUT2D eigenvalue weighted by atomic mass is 16.9. The van der Waals surface area contributed by atoms with Crippen LogP contribution in [-0.2, 0) is 0 Å². The van der Waals surface area contributed by atoms with Crippen LogP contribution in [0.2, 0.25) is 0 Å². The zero-order chi connectivity index (χ0) is 8.97. The molecule has 0 N–H and O–H groups in total. The monoisotopic (exact) mass is 168 g/mol. The minimum absolute atomic E-state index is 0.384. The molecule has 1 aromatic carbocycles. The van der Waals surface area contributed by atoms with E-state index in [2.05, 4.69) is 0 Å². The second-order valence-electron chi connectivity index (χ2n) is 2.21. The molecule has 0 unspecified atom stereocenters. The Morgan fingerprint density at radius 3 is 2.58 bits per heavy atom. The topological polar surface area (TPSA) is 44.8 Å². The molecule has 0 aliphatic heterocycles. The molecule has 0 amide bonds. The van der Waals surface area contributed by atoms with E-state index in [0.717, 1.165) is 0 Å². The number of nitrogens with zero attached hydrogens (tertiary/aromatic N) is 1. The Morgan fingerprint density at radius 1 is 1.33 bits per heavy atom. The van der Waals surface area contributed by atoms with Crippen LogP contribution in [0.15, 0.2) is 24.3 Å². The van der Waals surface area contributed by atoms with Gasteiger partial charge < -0.3 is 14.8 Å². The minimum atomic E-state index is 0.384. The molecule has 0 heterocycles. The van der Waals surface area contributed by atoms with E-state index in [1.807, 2.05) is 0 Å². The maximum Gasteiger partial charge on any atom is 0.149 e. The van der Waals surface area contributed by atoms with Gasteiger partial charge >= 0.3 is 0 Å². The SMILES string of the molecule is COc1cccc(ON(C)[O-])c1. The minimum Gasteiger partial charge on any atom is -0.753 e. The summed E-state index contributed by atoms with van der Waals surface area (Å²) >= 11 is 0. The second-order valence-corrected chi connectivity index (χ2v) is 2.21. The van der Waals surface area contributed by atoms with E-state index in [4.69, 9.17) is 9.57 Å². The lowest BCUT2D eigenvalue weighted by atomic mass is 10.3. The zero-order valence-electron chi connectivity index (χ0n) is 6.98. The summed E-state index contributed by atoms with van der Waals surface area (Å²) in [5.74, 6) is 1.13. The van der Waals surface area contributed by atoms with E-state index in [-0.39, 0.29) is 0 Å². The predicted molar refractivity (Wildman–Crippen MR) is 44.8 cm³/mol. The number of hydrogen-bond donors (Lipinski definition) is 0. The molecule has 12 heavy (non-hydrogen) atoms. The van der Waals surface area contributed by atoms with Gasteiger partial charge in [0.05, 0.1) is 7.11 Å². The number of hydrogen-bond acceptors (Lipinski definition) is 4. The summed E-state index contributed by atoms with van der Waals surface area (Å²) in [7, 11) is 2.83. The standard InChI is InChI=1S/C8H10NO3/c1-9(10)12-8-5-3-4-7(6-8)11-2/h3-6H,1-2H3/q-1. The van der Waals surface area contributed by atoms with Gasteiger partial charge in [-0.3, -0.25) is 0 Å². The summed E-state index contributed by atoms with van der Waals surface area (Å²) in [6, 6.07) is 6.83. The van der Waals surface area contributed by atoms with Crippen molar-refractivity contribution in [2.75, 3.05) is 14.2 Å². The summed E-state index contributed by atoms with van der Waals surface area (Å²) in [5, 5.41) is 10.9. The maximum atomic E-state index is 10.5. The van der Waals surface area contributed by atoms with E-state index in [9.17, 15) is 5.21 Å². The molecule has 66 valence electrons. The lowest BCUT2D eigenvalue weighted by molar-refractivity contribution is 0.0215. The highest BCUT2D eigenvalue weighted by Gasteiger charge is 1.95. The molecule has 1 aromatic rings. The van der Waals surface area contributed by atoms with Crippen molar-refractivity contribution in [2.24, 2.45) is 0 Å². The van der Waals surface area contributed by atoms with Crippen molar-refractivity contribution in [2.45, 2.75) is 0 Å². The van der Waals surface area contributed by atoms with Crippen LogP contribution in [0.3, 0.4) is 0 Å². The Kier molecular flexibility index (Phi) is 2.90. The average Bonchev–Trinajstić information content (AvgIpc) is 2.03. The lowest BCUT2D eigenvalue weighted by Gasteiger charge is -2.21. The van der Waals surface area contributed by atoms with Crippen LogP contribution >= 0.6 is 0 Å². The van der Waals surface area contributed by atoms with Crippen LogP contribution in [0.1, 0.15) is 0 Å². The van der Waals surface area contributed by atoms with Crippen molar-refractivity contribution in [3.63, 3.8) is 0 Å². The second kappa shape index (κ2) is 3.94. The van der Waals surface area contributed by atoms with Crippen LogP contribution in [0.5, 0.6) is 11.5 Å². The summed E-state index contributed by atoms with van der Waals surface area (Å²) in [6.07, 6.45) is 0. The number of benzene rings is 1. The van der Waals surface area contributed by atoms with Crippen LogP contribution in [0.4, 0.5) is 0 Å². The fourth-order valence-corrected chi connectivity index (χ4v) is 0.806. The van der Waals surface area contributed by atoms with Gasteiger partial charge in [0.1, 0.15) is 11.5 Å². The Bertz CT molecular complexity index is 250. The zero-order valence-corrected chi connectivity index (χ0v) is 6.98. The first-order valence-electron chi connectivity index (χ1n) is 3.45. The van der Waals surface area contributed by atoms with Crippen LogP contribution in [0, 0.1) is 5.21 Å². The Morgan fingerprint density at radius 2 is 2.00 bits per heavy atom. The van der Waals surface area contributed by atoms with E-state index >= 15 is 0 Å². The van der Waals surface area contributed by atoms with Crippen molar-refractivity contribution in [3.05, 3.63) is 29.5 Å². The Labute approximate surface area is 70.9 Å². The third-order valence-electron chi connectivity index (χ3n) is 1.28. The van der Waals surface area contributed by atoms with Crippen LogP contribution < -0.4 is 9.57 Å². The molecule has 0 atom stereocenters. The van der Waals surface area contributed by atoms with Crippen molar-refractivity contribution in [1.82, 2.24) is 5.23 Å². The molecular weight excluding hydrogens is 158 g/mol. The molecule has 0 aliphatic carbocycles. The average molecular weight is 168 g/mol. The highest BCUT2D eigenvalue weighted by Crippen LogP contribution is 2.18. The normalized spacial score (nSPS) is 10.0. The molecule has 0 spiro atoms. The number of ether oxygens (including phenoxy) is 1. The molecule has 0 saturated heterocycles. The number of hydroxylamine groups is 2. The van der Waals surface area contributed by atoms with Crippen molar-refractivity contribution >= 4 is 0 Å². The largest absolute Gasteiger partial charge is 0.753 e. The summed E-state index contributed by atoms with van der Waals surface area (Å²) in [5.41, 5.74) is 0. The molecule has 0 bridgehead atoms. The molecule has 0 saturated carbocycles. The van der Waals surface area contributed by atoms with Gasteiger partial charge in [-0.25, -0.2) is 5.23 Å². The third-order valence-corrected chi connectivity index (χ3v) is 1.28. The van der Waals surface area contributed by atoms with E-state index < -0.39 is 0 Å². The van der Waals surface area contributed by atoms with Crippen molar-refractivity contribution < 1.29 is 9.57 Å². The molecular formula is C8H10NO3-. The van der Waals surface area contributed by atoms with Crippen LogP contribution in [0.25, 0.3) is 0 Å². The molecule has 4 heteroatoms. The van der Waals surface area contributed by atoms with Gasteiger partial charge in [0.25, 0.3) is 0 Å². The highest BCUT2D eigenvalue weighted by molar-refractivity contribution is 5.32. The molecule has 0 fully saturated rings. The van der Waals surface area contributed by atoms with E-state index in [0.29, 0.717) is 16.7 Å². The third kappa shape index (κ3) is 2.41. The molecule has 0 aromatic heterocycles. The number of methoxy groups -OCH3 is 1. The van der Waals surface area contributed by atoms with E-state index in [1.165, 1.54) is 7.05 Å². The van der Waals surface area contributed by atoms with Gasteiger partial charge in [0.2, 0.25) is 0 Å². The fraction of sp³-hybridized carbons (Fsp3) is 0.250. The Hall–Kier alpha value is -1.26. The Balaban J connectivity index is 2.72. The molecule has 0 aliphatic rings. The lowest BCUT2D eigenvalue weighted by Crippen LogP contribution is -2.13. The number of rotatable bonds is 3. The summed E-state index contributed by atoms with van der Waals surface area (Å²) < 4.78 is 4.94. The molecule has 1 rings (SSSR count). The first-order valence-corrected chi connectivity index (χ1v) is 3.45. The van der Waals surface area contributed by atoms with E-state index in [1.54, 1.807) is 31.4 Å². The summed E-state index contributed by atoms with van der Waals surface area (Å²) in [4.78, 5) is 4.75. The fourth-order valence-electron chi connectivity index (χ4n) is 0.806. The van der Waals surface area contributed by atoms with Gasteiger partial charge in [-0.2, -0.15) is 0 Å². The first kappa shape index (κ1) is 8.83. The van der Waals surface area contributed by atoms with Crippen LogP contribution in [-0.4, -0.2) is 19.4 Å². The summed E-state index contributed by atoms with van der Waals surface area (Å²) in [6.45, 7) is 0. The molecule has 4 nitrogen and oxygen atoms in total. The van der Waals surface area contributed by atoms with Gasteiger partial charge in [0.15, 0.2) is 0 Å². The van der Waals surface area contributed by atoms with Gasteiger partial charge in [-0.15, -0.1) is 0 Å². The first-order chi connectivity index (χ1) is 5.72. The quantitative estimate of drug-likeness (QED) is 0.640. The maximum absolute atomic E-state index is 10.5. The van der Waals surface area contributed by atoms with Gasteiger partial charge in [-0.05, 0) is 12.1 Å². The van der Waals surface area contributed by atoms with Crippen molar-refractivity contribution in [1.29, 1.82) is 0 Å².